The molecule has 0 unspecified atom stereocenters. The van der Waals surface area contributed by atoms with Crippen LogP contribution in [0.1, 0.15) is 40.8 Å². The van der Waals surface area contributed by atoms with E-state index in [4.69, 9.17) is 10.7 Å². The van der Waals surface area contributed by atoms with Crippen LogP contribution in [0.4, 0.5) is 11.4 Å². The van der Waals surface area contributed by atoms with E-state index in [0.29, 0.717) is 24.4 Å². The molecule has 0 saturated carbocycles. The third-order valence-electron chi connectivity index (χ3n) is 5.58. The Labute approximate surface area is 174 Å². The summed E-state index contributed by atoms with van der Waals surface area (Å²) in [6.45, 7) is 2.61. The second-order valence-electron chi connectivity index (χ2n) is 7.64. The molecule has 3 heterocycles. The molecule has 6 nitrogen and oxygen atoms in total. The summed E-state index contributed by atoms with van der Waals surface area (Å²) in [5.74, 6) is -0.140. The maximum absolute atomic E-state index is 12.8. The number of pyridine rings is 1. The minimum Gasteiger partial charge on any atom is -0.399 e. The van der Waals surface area contributed by atoms with Gasteiger partial charge in [0.1, 0.15) is 5.71 Å². The lowest BCUT2D eigenvalue weighted by Gasteiger charge is -2.14. The topological polar surface area (TPSA) is 92.7 Å². The number of nitrogens with zero attached hydrogens (tertiary/aromatic N) is 3. The van der Waals surface area contributed by atoms with E-state index >= 15 is 0 Å². The van der Waals surface area contributed by atoms with Crippen molar-refractivity contribution in [3.05, 3.63) is 88.7 Å². The molecule has 2 aliphatic rings. The van der Waals surface area contributed by atoms with Gasteiger partial charge in [-0.05, 0) is 53.9 Å². The van der Waals surface area contributed by atoms with Crippen LogP contribution < -0.4 is 11.1 Å². The smallest absolute Gasteiger partial charge is 0.266 e. The Morgan fingerprint density at radius 3 is 2.60 bits per heavy atom. The van der Waals surface area contributed by atoms with Crippen molar-refractivity contribution in [3.63, 3.8) is 0 Å². The van der Waals surface area contributed by atoms with Crippen molar-refractivity contribution in [1.82, 2.24) is 10.3 Å². The molecule has 0 bridgehead atoms. The Balaban J connectivity index is 1.36. The second-order valence-corrected chi connectivity index (χ2v) is 7.64. The largest absolute Gasteiger partial charge is 0.399 e. The van der Waals surface area contributed by atoms with Gasteiger partial charge < -0.3 is 11.1 Å². The van der Waals surface area contributed by atoms with E-state index in [1.165, 1.54) is 5.56 Å². The summed E-state index contributed by atoms with van der Waals surface area (Å²) in [7, 11) is 0. The zero-order chi connectivity index (χ0) is 20.7. The molecule has 2 aromatic carbocycles. The van der Waals surface area contributed by atoms with Gasteiger partial charge in [-0.25, -0.2) is 4.99 Å². The predicted octanol–water partition coefficient (Wildman–Crippen LogP) is 3.52. The van der Waals surface area contributed by atoms with Crippen LogP contribution in [0.15, 0.2) is 70.9 Å². The standard InChI is InChI=1S/C24H21N5O/c1-14(15-2-4-19(25)5-3-15)28-24(30)22-11-17-10-18-13-27-23(16-6-8-26-9-7-16)20(18)12-21(17)29-22/h2-10,12,14H,11,13,25H2,1H3,(H,28,30)/t14-/m1/s1. The number of nitrogens with two attached hydrogens (primary N) is 1. The third-order valence-corrected chi connectivity index (χ3v) is 5.58. The van der Waals surface area contributed by atoms with Crippen molar-refractivity contribution >= 4 is 28.7 Å². The fourth-order valence-corrected chi connectivity index (χ4v) is 3.93. The first-order chi connectivity index (χ1) is 14.6. The summed E-state index contributed by atoms with van der Waals surface area (Å²) >= 11 is 0. The molecule has 0 aliphatic carbocycles. The molecule has 5 rings (SSSR count). The number of nitrogens with one attached hydrogen (secondary N) is 1. The molecule has 0 saturated heterocycles. The maximum Gasteiger partial charge on any atom is 0.266 e. The number of fused-ring (bicyclic) bond motifs is 2. The van der Waals surface area contributed by atoms with Crippen molar-refractivity contribution in [1.29, 1.82) is 0 Å². The summed E-state index contributed by atoms with van der Waals surface area (Å²) in [6, 6.07) is 15.5. The quantitative estimate of drug-likeness (QED) is 0.662. The molecular formula is C24H21N5O. The first-order valence-corrected chi connectivity index (χ1v) is 9.93. The molecule has 148 valence electrons. The van der Waals surface area contributed by atoms with Crippen LogP contribution in [0.25, 0.3) is 0 Å². The molecule has 3 N–H and O–H groups in total. The van der Waals surface area contributed by atoms with Gasteiger partial charge in [0.15, 0.2) is 0 Å². The molecule has 1 aromatic heterocycles. The number of anilines is 1. The summed E-state index contributed by atoms with van der Waals surface area (Å²) in [6.07, 6.45) is 4.07. The Bertz CT molecular complexity index is 1200. The van der Waals surface area contributed by atoms with Crippen LogP contribution in [0, 0.1) is 0 Å². The Morgan fingerprint density at radius 2 is 1.83 bits per heavy atom. The summed E-state index contributed by atoms with van der Waals surface area (Å²) in [4.78, 5) is 26.2. The minimum absolute atomic E-state index is 0.125. The van der Waals surface area contributed by atoms with E-state index < -0.39 is 0 Å². The normalized spacial score (nSPS) is 15.1. The van der Waals surface area contributed by atoms with Gasteiger partial charge in [0.2, 0.25) is 0 Å². The van der Waals surface area contributed by atoms with Crippen LogP contribution in [0.3, 0.4) is 0 Å². The summed E-state index contributed by atoms with van der Waals surface area (Å²) < 4.78 is 0. The highest BCUT2D eigenvalue weighted by molar-refractivity contribution is 6.41. The van der Waals surface area contributed by atoms with Gasteiger partial charge in [0, 0.05) is 35.6 Å². The van der Waals surface area contributed by atoms with Crippen molar-refractivity contribution in [2.45, 2.75) is 25.9 Å². The van der Waals surface area contributed by atoms with E-state index in [1.807, 2.05) is 43.3 Å². The molecule has 1 atom stereocenters. The van der Waals surface area contributed by atoms with Gasteiger partial charge in [0.25, 0.3) is 5.91 Å². The van der Waals surface area contributed by atoms with Crippen molar-refractivity contribution in [2.24, 2.45) is 9.98 Å². The number of carbonyl (C=O) groups is 1. The average molecular weight is 395 g/mol. The van der Waals surface area contributed by atoms with Crippen molar-refractivity contribution < 1.29 is 4.79 Å². The number of rotatable bonds is 4. The van der Waals surface area contributed by atoms with Crippen molar-refractivity contribution in [3.8, 4) is 0 Å². The lowest BCUT2D eigenvalue weighted by molar-refractivity contribution is -0.115. The molecule has 0 radical (unpaired) electrons. The fourth-order valence-electron chi connectivity index (χ4n) is 3.93. The monoisotopic (exact) mass is 395 g/mol. The highest BCUT2D eigenvalue weighted by Crippen LogP contribution is 2.34. The van der Waals surface area contributed by atoms with Crippen LogP contribution in [-0.4, -0.2) is 22.3 Å². The number of aliphatic imine (C=N–C) groups is 2. The van der Waals surface area contributed by atoms with E-state index in [2.05, 4.69) is 27.4 Å². The molecule has 3 aromatic rings. The molecule has 0 fully saturated rings. The summed E-state index contributed by atoms with van der Waals surface area (Å²) in [5, 5.41) is 3.04. The minimum atomic E-state index is -0.140. The fraction of sp³-hybridized carbons (Fsp3) is 0.167. The van der Waals surface area contributed by atoms with Gasteiger partial charge in [-0.1, -0.05) is 18.2 Å². The predicted molar refractivity (Wildman–Crippen MR) is 118 cm³/mol. The molecule has 1 amide bonds. The lowest BCUT2D eigenvalue weighted by atomic mass is 9.97. The van der Waals surface area contributed by atoms with E-state index in [0.717, 1.165) is 33.7 Å². The van der Waals surface area contributed by atoms with E-state index in [-0.39, 0.29) is 11.9 Å². The van der Waals surface area contributed by atoms with E-state index in [9.17, 15) is 4.79 Å². The first kappa shape index (κ1) is 18.2. The van der Waals surface area contributed by atoms with Crippen LogP contribution >= 0.6 is 0 Å². The Morgan fingerprint density at radius 1 is 1.07 bits per heavy atom. The number of aromatic nitrogens is 1. The summed E-state index contributed by atoms with van der Waals surface area (Å²) in [5.41, 5.74) is 14.2. The highest BCUT2D eigenvalue weighted by Gasteiger charge is 2.26. The van der Waals surface area contributed by atoms with E-state index in [1.54, 1.807) is 12.4 Å². The second kappa shape index (κ2) is 7.22. The molecule has 2 aliphatic heterocycles. The molecular weight excluding hydrogens is 374 g/mol. The lowest BCUT2D eigenvalue weighted by Crippen LogP contribution is -2.33. The molecule has 30 heavy (non-hydrogen) atoms. The number of benzene rings is 2. The third kappa shape index (κ3) is 3.26. The van der Waals surface area contributed by atoms with Gasteiger partial charge >= 0.3 is 0 Å². The zero-order valence-electron chi connectivity index (χ0n) is 16.6. The molecule has 0 spiro atoms. The number of hydrogen-bond donors (Lipinski definition) is 2. The zero-order valence-corrected chi connectivity index (χ0v) is 16.6. The van der Waals surface area contributed by atoms with Crippen LogP contribution in [-0.2, 0) is 17.8 Å². The van der Waals surface area contributed by atoms with Gasteiger partial charge in [-0.3, -0.25) is 14.8 Å². The van der Waals surface area contributed by atoms with Crippen LogP contribution in [0.2, 0.25) is 0 Å². The van der Waals surface area contributed by atoms with Gasteiger partial charge in [-0.15, -0.1) is 0 Å². The SMILES string of the molecule is C[C@@H](NC(=O)C1=Nc2cc3c(cc2C1)CN=C3c1ccncc1)c1ccc(N)cc1. The first-order valence-electron chi connectivity index (χ1n) is 9.93. The van der Waals surface area contributed by atoms with Crippen molar-refractivity contribution in [2.75, 3.05) is 5.73 Å². The van der Waals surface area contributed by atoms with Gasteiger partial charge in [-0.2, -0.15) is 0 Å². The number of nitrogen functional groups attached to an aromatic ring is 1. The number of hydrogen-bond acceptors (Lipinski definition) is 5. The average Bonchev–Trinajstić information content (AvgIpc) is 3.36. The van der Waals surface area contributed by atoms with Crippen LogP contribution in [0.5, 0.6) is 0 Å². The Hall–Kier alpha value is -3.80. The highest BCUT2D eigenvalue weighted by atomic mass is 16.2. The Kier molecular flexibility index (Phi) is 4.39. The number of carbonyl (C=O) groups excluding carboxylic acids is 1. The molecule has 6 heteroatoms. The number of amides is 1. The maximum atomic E-state index is 12.8. The van der Waals surface area contributed by atoms with Gasteiger partial charge in [0.05, 0.1) is 24.0 Å².